The quantitative estimate of drug-likeness (QED) is 0.398. The van der Waals surface area contributed by atoms with Gasteiger partial charge in [-0.15, -0.1) is 0 Å². The summed E-state index contributed by atoms with van der Waals surface area (Å²) in [7, 11) is 1.64. The van der Waals surface area contributed by atoms with Crippen LogP contribution in [0, 0.1) is 0 Å². The van der Waals surface area contributed by atoms with Gasteiger partial charge in [-0.25, -0.2) is 4.79 Å². The molecule has 2 aromatic heterocycles. The lowest BCUT2D eigenvalue weighted by molar-refractivity contribution is -0.118. The zero-order valence-electron chi connectivity index (χ0n) is 18.0. The number of ether oxygens (including phenoxy) is 1. The SMILES string of the molecule is COc1ccccc1CCNC(=O)CSc1nc(=O)n(Cc2cccnc2)c2c1CCC2. The molecule has 1 aromatic carbocycles. The van der Waals surface area contributed by atoms with Crippen LogP contribution in [0.15, 0.2) is 58.6 Å². The van der Waals surface area contributed by atoms with Crippen molar-refractivity contribution < 1.29 is 9.53 Å². The predicted molar refractivity (Wildman–Crippen MR) is 124 cm³/mol. The molecule has 0 unspecified atom stereocenters. The van der Waals surface area contributed by atoms with E-state index in [1.54, 1.807) is 24.1 Å². The van der Waals surface area contributed by atoms with Crippen molar-refractivity contribution in [1.82, 2.24) is 19.9 Å². The van der Waals surface area contributed by atoms with Crippen LogP contribution in [0.1, 0.15) is 28.8 Å². The van der Waals surface area contributed by atoms with E-state index >= 15 is 0 Å². The highest BCUT2D eigenvalue weighted by Crippen LogP contribution is 2.29. The van der Waals surface area contributed by atoms with Gasteiger partial charge in [0, 0.05) is 30.2 Å². The molecule has 0 saturated carbocycles. The zero-order valence-corrected chi connectivity index (χ0v) is 18.9. The molecule has 0 aliphatic heterocycles. The molecule has 2 heterocycles. The molecule has 1 amide bonds. The second-order valence-corrected chi connectivity index (χ2v) is 8.59. The number of carbonyl (C=O) groups excluding carboxylic acids is 1. The van der Waals surface area contributed by atoms with Gasteiger partial charge >= 0.3 is 5.69 Å². The number of nitrogens with one attached hydrogen (secondary N) is 1. The Kier molecular flexibility index (Phi) is 7.21. The Bertz CT molecular complexity index is 1150. The second-order valence-electron chi connectivity index (χ2n) is 7.63. The molecule has 0 bridgehead atoms. The summed E-state index contributed by atoms with van der Waals surface area (Å²) in [5, 5.41) is 3.63. The highest BCUT2D eigenvalue weighted by Gasteiger charge is 2.22. The molecule has 0 radical (unpaired) electrons. The summed E-state index contributed by atoms with van der Waals surface area (Å²) in [6, 6.07) is 11.6. The van der Waals surface area contributed by atoms with E-state index in [-0.39, 0.29) is 17.3 Å². The maximum atomic E-state index is 12.7. The van der Waals surface area contributed by atoms with E-state index in [1.807, 2.05) is 36.4 Å². The fourth-order valence-electron chi connectivity index (χ4n) is 3.97. The van der Waals surface area contributed by atoms with Crippen molar-refractivity contribution in [1.29, 1.82) is 0 Å². The summed E-state index contributed by atoms with van der Waals surface area (Å²) >= 11 is 1.34. The maximum Gasteiger partial charge on any atom is 0.349 e. The summed E-state index contributed by atoms with van der Waals surface area (Å²) in [6.45, 7) is 0.994. The molecule has 4 rings (SSSR count). The van der Waals surface area contributed by atoms with E-state index in [1.165, 1.54) is 11.8 Å². The van der Waals surface area contributed by atoms with Crippen LogP contribution in [0.4, 0.5) is 0 Å². The monoisotopic (exact) mass is 450 g/mol. The number of pyridine rings is 1. The first kappa shape index (κ1) is 22.1. The molecule has 1 aliphatic rings. The molecule has 0 atom stereocenters. The van der Waals surface area contributed by atoms with Crippen LogP contribution in [0.3, 0.4) is 0 Å². The Hall–Kier alpha value is -3.13. The van der Waals surface area contributed by atoms with E-state index in [9.17, 15) is 9.59 Å². The first-order chi connectivity index (χ1) is 15.7. The van der Waals surface area contributed by atoms with Gasteiger partial charge in [-0.1, -0.05) is 36.0 Å². The number of para-hydroxylation sites is 1. The van der Waals surface area contributed by atoms with Gasteiger partial charge < -0.3 is 10.1 Å². The number of hydrogen-bond donors (Lipinski definition) is 1. The number of rotatable bonds is 9. The van der Waals surface area contributed by atoms with Crippen molar-refractivity contribution in [2.45, 2.75) is 37.3 Å². The standard InChI is InChI=1S/C24H26N4O3S/c1-31-21-10-3-2-7-18(21)11-13-26-22(29)16-32-23-19-8-4-9-20(19)28(24(30)27-23)15-17-6-5-12-25-14-17/h2-3,5-7,10,12,14H,4,8-9,11,13,15-16H2,1H3,(H,26,29). The second kappa shape index (κ2) is 10.5. The number of aromatic nitrogens is 3. The smallest absolute Gasteiger partial charge is 0.349 e. The molecule has 0 fully saturated rings. The normalized spacial score (nSPS) is 12.4. The van der Waals surface area contributed by atoms with Gasteiger partial charge in [0.15, 0.2) is 0 Å². The third-order valence-electron chi connectivity index (χ3n) is 5.51. The van der Waals surface area contributed by atoms with Gasteiger partial charge in [0.05, 0.1) is 19.4 Å². The lowest BCUT2D eigenvalue weighted by Gasteiger charge is -2.14. The zero-order chi connectivity index (χ0) is 22.3. The number of amides is 1. The number of hydrogen-bond acceptors (Lipinski definition) is 6. The molecule has 0 saturated heterocycles. The minimum absolute atomic E-state index is 0.0713. The molecule has 0 spiro atoms. The van der Waals surface area contributed by atoms with Crippen LogP contribution in [0.5, 0.6) is 5.75 Å². The summed E-state index contributed by atoms with van der Waals surface area (Å²) in [5.74, 6) is 0.984. The van der Waals surface area contributed by atoms with Crippen LogP contribution < -0.4 is 15.7 Å². The lowest BCUT2D eigenvalue weighted by Crippen LogP contribution is -2.29. The van der Waals surface area contributed by atoms with Gasteiger partial charge in [0.25, 0.3) is 0 Å². The average molecular weight is 451 g/mol. The van der Waals surface area contributed by atoms with Gasteiger partial charge in [-0.05, 0) is 48.9 Å². The number of methoxy groups -OCH3 is 1. The summed E-state index contributed by atoms with van der Waals surface area (Å²) in [6.07, 6.45) is 6.91. The molecular formula is C24H26N4O3S. The maximum absolute atomic E-state index is 12.7. The van der Waals surface area contributed by atoms with Gasteiger partial charge in [0.1, 0.15) is 10.8 Å². The molecule has 166 valence electrons. The van der Waals surface area contributed by atoms with Crippen LogP contribution in [0.25, 0.3) is 0 Å². The van der Waals surface area contributed by atoms with E-state index in [0.717, 1.165) is 47.4 Å². The molecule has 1 aliphatic carbocycles. The number of nitrogens with zero attached hydrogens (tertiary/aromatic N) is 3. The summed E-state index contributed by atoms with van der Waals surface area (Å²) in [4.78, 5) is 33.6. The van der Waals surface area contributed by atoms with Crippen LogP contribution >= 0.6 is 11.8 Å². The van der Waals surface area contributed by atoms with E-state index in [2.05, 4.69) is 15.3 Å². The number of thioether (sulfide) groups is 1. The fraction of sp³-hybridized carbons (Fsp3) is 0.333. The number of benzene rings is 1. The molecule has 32 heavy (non-hydrogen) atoms. The van der Waals surface area contributed by atoms with Crippen molar-refractivity contribution in [3.05, 3.63) is 81.7 Å². The Morgan fingerprint density at radius 3 is 2.91 bits per heavy atom. The first-order valence-electron chi connectivity index (χ1n) is 10.7. The number of carbonyl (C=O) groups is 1. The van der Waals surface area contributed by atoms with Crippen molar-refractivity contribution in [3.8, 4) is 5.75 Å². The highest BCUT2D eigenvalue weighted by molar-refractivity contribution is 7.99. The minimum atomic E-state index is -0.270. The predicted octanol–water partition coefficient (Wildman–Crippen LogP) is 2.63. The Morgan fingerprint density at radius 1 is 1.22 bits per heavy atom. The minimum Gasteiger partial charge on any atom is -0.496 e. The Morgan fingerprint density at radius 2 is 2.09 bits per heavy atom. The molecule has 8 heteroatoms. The molecular weight excluding hydrogens is 424 g/mol. The third kappa shape index (κ3) is 5.19. The van der Waals surface area contributed by atoms with Crippen molar-refractivity contribution in [3.63, 3.8) is 0 Å². The van der Waals surface area contributed by atoms with Crippen molar-refractivity contribution in [2.24, 2.45) is 0 Å². The summed E-state index contributed by atoms with van der Waals surface area (Å²) < 4.78 is 7.10. The van der Waals surface area contributed by atoms with Crippen LogP contribution in [-0.2, 0) is 30.6 Å². The van der Waals surface area contributed by atoms with Gasteiger partial charge in [-0.2, -0.15) is 4.98 Å². The number of fused-ring (bicyclic) bond motifs is 1. The van der Waals surface area contributed by atoms with E-state index in [4.69, 9.17) is 4.74 Å². The average Bonchev–Trinajstić information content (AvgIpc) is 3.31. The van der Waals surface area contributed by atoms with Gasteiger partial charge in [0.2, 0.25) is 5.91 Å². The molecule has 1 N–H and O–H groups in total. The van der Waals surface area contributed by atoms with Crippen molar-refractivity contribution in [2.75, 3.05) is 19.4 Å². The van der Waals surface area contributed by atoms with Crippen LogP contribution in [0.2, 0.25) is 0 Å². The fourth-order valence-corrected chi connectivity index (χ4v) is 4.88. The molecule has 3 aromatic rings. The first-order valence-corrected chi connectivity index (χ1v) is 11.7. The van der Waals surface area contributed by atoms with E-state index < -0.39 is 0 Å². The third-order valence-corrected chi connectivity index (χ3v) is 6.53. The van der Waals surface area contributed by atoms with E-state index in [0.29, 0.717) is 24.5 Å². The molecule has 7 nitrogen and oxygen atoms in total. The largest absolute Gasteiger partial charge is 0.496 e. The Labute approximate surface area is 191 Å². The topological polar surface area (TPSA) is 86.1 Å². The highest BCUT2D eigenvalue weighted by atomic mass is 32.2. The summed E-state index contributed by atoms with van der Waals surface area (Å²) in [5.41, 5.74) is 3.89. The van der Waals surface area contributed by atoms with Gasteiger partial charge in [-0.3, -0.25) is 14.3 Å². The lowest BCUT2D eigenvalue weighted by atomic mass is 10.1. The van der Waals surface area contributed by atoms with Crippen molar-refractivity contribution >= 4 is 17.7 Å². The van der Waals surface area contributed by atoms with Crippen LogP contribution in [-0.4, -0.2) is 39.8 Å². The Balaban J connectivity index is 1.37.